The van der Waals surface area contributed by atoms with Crippen molar-refractivity contribution in [3.8, 4) is 0 Å². The number of aryl methyl sites for hydroxylation is 1. The van der Waals surface area contributed by atoms with Crippen molar-refractivity contribution in [1.82, 2.24) is 10.3 Å². The summed E-state index contributed by atoms with van der Waals surface area (Å²) in [5.74, 6) is -0.306. The van der Waals surface area contributed by atoms with Gasteiger partial charge in [0.25, 0.3) is 0 Å². The van der Waals surface area contributed by atoms with Crippen LogP contribution >= 0.6 is 36.2 Å². The van der Waals surface area contributed by atoms with Crippen LogP contribution in [0.5, 0.6) is 0 Å². The number of aromatic nitrogens is 1. The average Bonchev–Trinajstić information content (AvgIpc) is 2.86. The minimum atomic E-state index is -0.284. The van der Waals surface area contributed by atoms with E-state index in [-0.39, 0.29) is 36.6 Å². The summed E-state index contributed by atoms with van der Waals surface area (Å²) in [5.41, 5.74) is 7.70. The molecule has 0 aliphatic heterocycles. The van der Waals surface area contributed by atoms with Gasteiger partial charge in [-0.05, 0) is 12.5 Å². The summed E-state index contributed by atoms with van der Waals surface area (Å²) in [4.78, 5) is 16.5. The van der Waals surface area contributed by atoms with Crippen molar-refractivity contribution >= 4 is 42.1 Å². The number of nitrogens with two attached hydrogens (primary N) is 1. The molecule has 0 spiro atoms. The van der Waals surface area contributed by atoms with Crippen molar-refractivity contribution in [2.45, 2.75) is 19.3 Å². The first-order valence-corrected chi connectivity index (χ1v) is 7.52. The number of amides is 1. The molecule has 1 heterocycles. The lowest BCUT2D eigenvalue weighted by Crippen LogP contribution is -2.34. The van der Waals surface area contributed by atoms with Crippen molar-refractivity contribution in [2.24, 2.45) is 5.73 Å². The summed E-state index contributed by atoms with van der Waals surface area (Å²) in [7, 11) is 0. The monoisotopic (exact) mass is 361 g/mol. The van der Waals surface area contributed by atoms with Gasteiger partial charge in [-0.3, -0.25) is 4.79 Å². The van der Waals surface area contributed by atoms with Gasteiger partial charge in [0.2, 0.25) is 5.91 Å². The lowest BCUT2D eigenvalue weighted by molar-refractivity contribution is -0.122. The van der Waals surface area contributed by atoms with Gasteiger partial charge in [0.05, 0.1) is 16.6 Å². The van der Waals surface area contributed by atoms with Crippen LogP contribution < -0.4 is 11.1 Å². The Bertz CT molecular complexity index is 563. The van der Waals surface area contributed by atoms with Crippen molar-refractivity contribution in [1.29, 1.82) is 0 Å². The van der Waals surface area contributed by atoms with Gasteiger partial charge in [-0.2, -0.15) is 0 Å². The number of carbonyl (C=O) groups excluding carboxylic acids is 1. The molecule has 2 aromatic rings. The maximum atomic E-state index is 12.2. The predicted molar refractivity (Wildman–Crippen MR) is 96.3 cm³/mol. The molecule has 1 atom stereocenters. The molecule has 1 aromatic heterocycles. The van der Waals surface area contributed by atoms with E-state index in [9.17, 15) is 4.79 Å². The van der Waals surface area contributed by atoms with Gasteiger partial charge < -0.3 is 11.1 Å². The van der Waals surface area contributed by atoms with Crippen molar-refractivity contribution in [3.05, 3.63) is 52.0 Å². The van der Waals surface area contributed by atoms with Gasteiger partial charge in [-0.25, -0.2) is 4.98 Å². The quantitative estimate of drug-likeness (QED) is 0.830. The largest absolute Gasteiger partial charge is 0.355 e. The molecule has 122 valence electrons. The first-order valence-electron chi connectivity index (χ1n) is 6.64. The van der Waals surface area contributed by atoms with Crippen LogP contribution in [0.2, 0.25) is 0 Å². The highest BCUT2D eigenvalue weighted by Gasteiger charge is 2.18. The molecule has 1 aromatic carbocycles. The second-order valence-electron chi connectivity index (χ2n) is 4.60. The van der Waals surface area contributed by atoms with Gasteiger partial charge in [0, 0.05) is 24.9 Å². The minimum Gasteiger partial charge on any atom is -0.355 e. The number of nitrogens with zero attached hydrogens (tertiary/aromatic N) is 1. The molecular weight excluding hydrogens is 341 g/mol. The van der Waals surface area contributed by atoms with Gasteiger partial charge in [-0.1, -0.05) is 30.3 Å². The highest BCUT2D eigenvalue weighted by atomic mass is 35.5. The molecule has 0 radical (unpaired) electrons. The number of hydrogen-bond donors (Lipinski definition) is 2. The van der Waals surface area contributed by atoms with Crippen LogP contribution in [0, 0.1) is 6.92 Å². The highest BCUT2D eigenvalue weighted by Crippen LogP contribution is 2.14. The number of rotatable bonds is 6. The SMILES string of the molecule is Cc1nc(CCNC(=O)C(CN)c2ccccc2)cs1.Cl.Cl. The Morgan fingerprint density at radius 3 is 2.55 bits per heavy atom. The third kappa shape index (κ3) is 5.93. The standard InChI is InChI=1S/C15H19N3OS.2ClH/c1-11-18-13(10-20-11)7-8-17-15(19)14(9-16)12-5-3-2-4-6-12;;/h2-6,10,14H,7-9,16H2,1H3,(H,17,19);2*1H. The van der Waals surface area contributed by atoms with E-state index in [0.717, 1.165) is 22.7 Å². The molecule has 0 saturated carbocycles. The molecule has 4 nitrogen and oxygen atoms in total. The molecule has 1 unspecified atom stereocenters. The second-order valence-corrected chi connectivity index (χ2v) is 5.66. The lowest BCUT2D eigenvalue weighted by Gasteiger charge is -2.15. The summed E-state index contributed by atoms with van der Waals surface area (Å²) in [6.45, 7) is 2.88. The molecule has 1 amide bonds. The highest BCUT2D eigenvalue weighted by molar-refractivity contribution is 7.09. The van der Waals surface area contributed by atoms with Crippen LogP contribution in [0.15, 0.2) is 35.7 Å². The Morgan fingerprint density at radius 1 is 1.32 bits per heavy atom. The van der Waals surface area contributed by atoms with Crippen LogP contribution in [0.4, 0.5) is 0 Å². The fraction of sp³-hybridized carbons (Fsp3) is 0.333. The molecule has 0 aliphatic carbocycles. The summed E-state index contributed by atoms with van der Waals surface area (Å²) in [6, 6.07) is 9.63. The van der Waals surface area contributed by atoms with E-state index in [1.165, 1.54) is 0 Å². The van der Waals surface area contributed by atoms with Crippen molar-refractivity contribution in [2.75, 3.05) is 13.1 Å². The molecule has 7 heteroatoms. The Labute approximate surface area is 147 Å². The van der Waals surface area contributed by atoms with Gasteiger partial charge >= 0.3 is 0 Å². The van der Waals surface area contributed by atoms with E-state index < -0.39 is 0 Å². The number of benzene rings is 1. The maximum Gasteiger partial charge on any atom is 0.228 e. The molecule has 22 heavy (non-hydrogen) atoms. The Balaban J connectivity index is 0.00000220. The van der Waals surface area contributed by atoms with E-state index in [4.69, 9.17) is 5.73 Å². The molecule has 0 saturated heterocycles. The number of nitrogens with one attached hydrogen (secondary N) is 1. The smallest absolute Gasteiger partial charge is 0.228 e. The molecule has 0 fully saturated rings. The molecule has 2 rings (SSSR count). The Hall–Kier alpha value is -1.14. The zero-order valence-corrected chi connectivity index (χ0v) is 14.8. The fourth-order valence-corrected chi connectivity index (χ4v) is 2.69. The van der Waals surface area contributed by atoms with Crippen LogP contribution in [-0.4, -0.2) is 24.0 Å². The molecule has 0 bridgehead atoms. The Morgan fingerprint density at radius 2 is 2.00 bits per heavy atom. The van der Waals surface area contributed by atoms with E-state index in [1.54, 1.807) is 11.3 Å². The zero-order valence-electron chi connectivity index (χ0n) is 12.3. The minimum absolute atomic E-state index is 0. The number of halogens is 2. The van der Waals surface area contributed by atoms with Crippen LogP contribution in [-0.2, 0) is 11.2 Å². The van der Waals surface area contributed by atoms with Crippen LogP contribution in [0.1, 0.15) is 22.2 Å². The number of hydrogen-bond acceptors (Lipinski definition) is 4. The van der Waals surface area contributed by atoms with E-state index in [0.29, 0.717) is 13.1 Å². The summed E-state index contributed by atoms with van der Waals surface area (Å²) in [5, 5.41) is 6.01. The van der Waals surface area contributed by atoms with E-state index in [1.807, 2.05) is 42.6 Å². The Kier molecular flexibility index (Phi) is 10.0. The van der Waals surface area contributed by atoms with Gasteiger partial charge in [0.1, 0.15) is 0 Å². The normalized spacial score (nSPS) is 11.0. The van der Waals surface area contributed by atoms with Crippen molar-refractivity contribution < 1.29 is 4.79 Å². The number of carbonyl (C=O) groups is 1. The van der Waals surface area contributed by atoms with E-state index >= 15 is 0 Å². The van der Waals surface area contributed by atoms with Crippen LogP contribution in [0.25, 0.3) is 0 Å². The topological polar surface area (TPSA) is 68.0 Å². The molecule has 0 aliphatic rings. The average molecular weight is 362 g/mol. The third-order valence-corrected chi connectivity index (χ3v) is 3.92. The molecule has 3 N–H and O–H groups in total. The summed E-state index contributed by atoms with van der Waals surface area (Å²) in [6.07, 6.45) is 0.752. The van der Waals surface area contributed by atoms with E-state index in [2.05, 4.69) is 10.3 Å². The van der Waals surface area contributed by atoms with Gasteiger partial charge in [0.15, 0.2) is 0 Å². The van der Waals surface area contributed by atoms with Gasteiger partial charge in [-0.15, -0.1) is 36.2 Å². The third-order valence-electron chi connectivity index (χ3n) is 3.10. The number of thiazole rings is 1. The summed E-state index contributed by atoms with van der Waals surface area (Å²) >= 11 is 1.63. The first kappa shape index (κ1) is 20.9. The maximum absolute atomic E-state index is 12.2. The summed E-state index contributed by atoms with van der Waals surface area (Å²) < 4.78 is 0. The van der Waals surface area contributed by atoms with Crippen LogP contribution in [0.3, 0.4) is 0 Å². The lowest BCUT2D eigenvalue weighted by atomic mass is 9.98. The fourth-order valence-electron chi connectivity index (χ4n) is 2.04. The second kappa shape index (κ2) is 10.6. The van der Waals surface area contributed by atoms with Crippen molar-refractivity contribution in [3.63, 3.8) is 0 Å². The predicted octanol–water partition coefficient (Wildman–Crippen LogP) is 2.70. The zero-order chi connectivity index (χ0) is 14.4. The molecular formula is C15H21Cl2N3OS. The first-order chi connectivity index (χ1) is 9.70.